The molecule has 1 amide bonds. The van der Waals surface area contributed by atoms with Crippen molar-refractivity contribution in [2.45, 2.75) is 39.3 Å². The number of nitrogens with zero attached hydrogens (tertiary/aromatic N) is 2. The van der Waals surface area contributed by atoms with Gasteiger partial charge in [-0.1, -0.05) is 29.8 Å². The molecule has 0 aliphatic heterocycles. The highest BCUT2D eigenvalue weighted by atomic mass is 16.5. The maximum absolute atomic E-state index is 12.9. The van der Waals surface area contributed by atoms with Gasteiger partial charge in [-0.15, -0.1) is 0 Å². The van der Waals surface area contributed by atoms with Crippen molar-refractivity contribution >= 4 is 5.91 Å². The zero-order chi connectivity index (χ0) is 16.2. The molecule has 4 heteroatoms. The fourth-order valence-corrected chi connectivity index (χ4v) is 2.70. The molecular formula is C19H22N2O2. The molecule has 1 fully saturated rings. The highest BCUT2D eigenvalue weighted by Crippen LogP contribution is 2.30. The number of amides is 1. The predicted octanol–water partition coefficient (Wildman–Crippen LogP) is 3.59. The molecule has 1 aromatic heterocycles. The van der Waals surface area contributed by atoms with Gasteiger partial charge < -0.3 is 9.64 Å². The lowest BCUT2D eigenvalue weighted by Gasteiger charge is -2.23. The highest BCUT2D eigenvalue weighted by molar-refractivity contribution is 5.94. The molecular weight excluding hydrogens is 288 g/mol. The number of hydrogen-bond donors (Lipinski definition) is 0. The van der Waals surface area contributed by atoms with Crippen molar-refractivity contribution in [3.63, 3.8) is 0 Å². The van der Waals surface area contributed by atoms with E-state index in [0.717, 1.165) is 12.8 Å². The lowest BCUT2D eigenvalue weighted by Crippen LogP contribution is -2.32. The van der Waals surface area contributed by atoms with E-state index in [1.54, 1.807) is 18.3 Å². The first kappa shape index (κ1) is 15.5. The number of pyridine rings is 1. The van der Waals surface area contributed by atoms with Crippen LogP contribution in [-0.2, 0) is 6.54 Å². The van der Waals surface area contributed by atoms with E-state index in [-0.39, 0.29) is 5.91 Å². The average molecular weight is 310 g/mol. The third kappa shape index (κ3) is 3.89. The maximum atomic E-state index is 12.9. The fourth-order valence-electron chi connectivity index (χ4n) is 2.70. The Bertz CT molecular complexity index is 695. The van der Waals surface area contributed by atoms with Crippen LogP contribution in [0.4, 0.5) is 0 Å². The molecule has 23 heavy (non-hydrogen) atoms. The van der Waals surface area contributed by atoms with Crippen LogP contribution in [0.25, 0.3) is 0 Å². The van der Waals surface area contributed by atoms with Gasteiger partial charge in [0.15, 0.2) is 0 Å². The second kappa shape index (κ2) is 6.82. The number of aromatic nitrogens is 1. The summed E-state index contributed by atoms with van der Waals surface area (Å²) in [6.07, 6.45) is 3.80. The Morgan fingerprint density at radius 2 is 2.13 bits per heavy atom. The van der Waals surface area contributed by atoms with Crippen molar-refractivity contribution in [1.29, 1.82) is 0 Å². The molecule has 1 aliphatic rings. The predicted molar refractivity (Wildman–Crippen MR) is 89.5 cm³/mol. The standard InChI is InChI=1S/C19H22N2O2/c1-3-23-18-12-16(9-10-20-18)19(22)21(17-7-8-17)13-15-6-4-5-14(2)11-15/h4-6,9-12,17H,3,7-8,13H2,1-2H3. The number of aryl methyl sites for hydroxylation is 1. The fraction of sp³-hybridized carbons (Fsp3) is 0.368. The molecule has 1 saturated carbocycles. The number of hydrogen-bond acceptors (Lipinski definition) is 3. The van der Waals surface area contributed by atoms with Gasteiger partial charge in [0.1, 0.15) is 0 Å². The summed E-state index contributed by atoms with van der Waals surface area (Å²) in [5, 5.41) is 0. The van der Waals surface area contributed by atoms with Gasteiger partial charge in [-0.25, -0.2) is 4.98 Å². The minimum Gasteiger partial charge on any atom is -0.478 e. The number of carbonyl (C=O) groups is 1. The molecule has 1 aromatic carbocycles. The van der Waals surface area contributed by atoms with Gasteiger partial charge in [0, 0.05) is 30.4 Å². The molecule has 0 spiro atoms. The second-order valence-electron chi connectivity index (χ2n) is 5.97. The van der Waals surface area contributed by atoms with Gasteiger partial charge in [-0.05, 0) is 38.3 Å². The van der Waals surface area contributed by atoms with Gasteiger partial charge in [-0.3, -0.25) is 4.79 Å². The number of ether oxygens (including phenoxy) is 1. The van der Waals surface area contributed by atoms with Crippen LogP contribution >= 0.6 is 0 Å². The van der Waals surface area contributed by atoms with Crippen LogP contribution in [0.2, 0.25) is 0 Å². The van der Waals surface area contributed by atoms with Crippen molar-refractivity contribution in [3.05, 3.63) is 59.3 Å². The first-order chi connectivity index (χ1) is 11.2. The van der Waals surface area contributed by atoms with Crippen LogP contribution in [-0.4, -0.2) is 28.4 Å². The number of benzene rings is 1. The zero-order valence-corrected chi connectivity index (χ0v) is 13.7. The molecule has 2 aromatic rings. The minimum absolute atomic E-state index is 0.0531. The van der Waals surface area contributed by atoms with Crippen LogP contribution in [0.1, 0.15) is 41.3 Å². The van der Waals surface area contributed by atoms with E-state index in [4.69, 9.17) is 4.74 Å². The summed E-state index contributed by atoms with van der Waals surface area (Å²) in [6, 6.07) is 12.2. The molecule has 0 atom stereocenters. The monoisotopic (exact) mass is 310 g/mol. The van der Waals surface area contributed by atoms with Gasteiger partial charge in [0.2, 0.25) is 5.88 Å². The van der Waals surface area contributed by atoms with Gasteiger partial charge >= 0.3 is 0 Å². The molecule has 0 radical (unpaired) electrons. The molecule has 0 unspecified atom stereocenters. The SMILES string of the molecule is CCOc1cc(C(=O)N(Cc2cccc(C)c2)C2CC2)ccn1. The Morgan fingerprint density at radius 3 is 2.83 bits per heavy atom. The molecule has 0 saturated heterocycles. The van der Waals surface area contributed by atoms with Crippen LogP contribution in [0.5, 0.6) is 5.88 Å². The molecule has 0 N–H and O–H groups in total. The summed E-state index contributed by atoms with van der Waals surface area (Å²) in [5.74, 6) is 0.557. The van der Waals surface area contributed by atoms with Gasteiger partial charge in [0.05, 0.1) is 6.61 Å². The number of rotatable bonds is 6. The van der Waals surface area contributed by atoms with Crippen molar-refractivity contribution in [2.24, 2.45) is 0 Å². The van der Waals surface area contributed by atoms with Gasteiger partial charge in [-0.2, -0.15) is 0 Å². The Kier molecular flexibility index (Phi) is 4.60. The summed E-state index contributed by atoms with van der Waals surface area (Å²) >= 11 is 0. The third-order valence-electron chi connectivity index (χ3n) is 3.96. The topological polar surface area (TPSA) is 42.4 Å². The molecule has 1 aliphatic carbocycles. The highest BCUT2D eigenvalue weighted by Gasteiger charge is 2.33. The third-order valence-corrected chi connectivity index (χ3v) is 3.96. The van der Waals surface area contributed by atoms with Crippen molar-refractivity contribution in [3.8, 4) is 5.88 Å². The summed E-state index contributed by atoms with van der Waals surface area (Å²) in [7, 11) is 0. The van der Waals surface area contributed by atoms with E-state index in [1.807, 2.05) is 17.9 Å². The quantitative estimate of drug-likeness (QED) is 0.819. The van der Waals surface area contributed by atoms with E-state index >= 15 is 0 Å². The maximum Gasteiger partial charge on any atom is 0.254 e. The van der Waals surface area contributed by atoms with Crippen molar-refractivity contribution in [2.75, 3.05) is 6.61 Å². The molecule has 120 valence electrons. The van der Waals surface area contributed by atoms with Crippen molar-refractivity contribution in [1.82, 2.24) is 9.88 Å². The zero-order valence-electron chi connectivity index (χ0n) is 13.7. The van der Waals surface area contributed by atoms with E-state index in [1.165, 1.54) is 11.1 Å². The van der Waals surface area contributed by atoms with Crippen LogP contribution < -0.4 is 4.74 Å². The lowest BCUT2D eigenvalue weighted by atomic mass is 10.1. The van der Waals surface area contributed by atoms with Crippen LogP contribution in [0.15, 0.2) is 42.6 Å². The Balaban J connectivity index is 1.80. The Labute approximate surface area is 137 Å². The minimum atomic E-state index is 0.0531. The summed E-state index contributed by atoms with van der Waals surface area (Å²) < 4.78 is 5.40. The Hall–Kier alpha value is -2.36. The van der Waals surface area contributed by atoms with Crippen LogP contribution in [0, 0.1) is 6.92 Å². The molecule has 4 nitrogen and oxygen atoms in total. The number of carbonyl (C=O) groups excluding carboxylic acids is 1. The van der Waals surface area contributed by atoms with E-state index in [9.17, 15) is 4.79 Å². The Morgan fingerprint density at radius 1 is 1.30 bits per heavy atom. The molecule has 3 rings (SSSR count). The van der Waals surface area contributed by atoms with Gasteiger partial charge in [0.25, 0.3) is 5.91 Å². The van der Waals surface area contributed by atoms with E-state index in [2.05, 4.69) is 30.1 Å². The average Bonchev–Trinajstić information content (AvgIpc) is 3.37. The van der Waals surface area contributed by atoms with E-state index < -0.39 is 0 Å². The summed E-state index contributed by atoms with van der Waals surface area (Å²) in [5.41, 5.74) is 3.03. The molecule has 0 bridgehead atoms. The largest absolute Gasteiger partial charge is 0.478 e. The van der Waals surface area contributed by atoms with Crippen molar-refractivity contribution < 1.29 is 9.53 Å². The van der Waals surface area contributed by atoms with Crippen LogP contribution in [0.3, 0.4) is 0 Å². The summed E-state index contributed by atoms with van der Waals surface area (Å²) in [6.45, 7) is 5.17. The van der Waals surface area contributed by atoms with E-state index in [0.29, 0.717) is 30.6 Å². The lowest BCUT2D eigenvalue weighted by molar-refractivity contribution is 0.0729. The smallest absolute Gasteiger partial charge is 0.254 e. The first-order valence-electron chi connectivity index (χ1n) is 8.12. The molecule has 1 heterocycles. The normalized spacial score (nSPS) is 13.7. The second-order valence-corrected chi connectivity index (χ2v) is 5.97. The summed E-state index contributed by atoms with van der Waals surface area (Å²) in [4.78, 5) is 19.0. The first-order valence-corrected chi connectivity index (χ1v) is 8.12.